The summed E-state index contributed by atoms with van der Waals surface area (Å²) in [5.41, 5.74) is 0. The van der Waals surface area contributed by atoms with Crippen molar-refractivity contribution >= 4 is 10.2 Å². The molecule has 0 heterocycles. The molecule has 1 fully saturated rings. The highest BCUT2D eigenvalue weighted by Crippen LogP contribution is 2.26. The van der Waals surface area contributed by atoms with Crippen LogP contribution in [0.1, 0.15) is 25.7 Å². The molecule has 0 nitrogen and oxygen atoms in total. The second kappa shape index (κ2) is 2.51. The normalized spacial score (nSPS) is 24.0. The lowest BCUT2D eigenvalue weighted by molar-refractivity contribution is 0.611. The van der Waals surface area contributed by atoms with Crippen LogP contribution in [0.15, 0.2) is 0 Å². The van der Waals surface area contributed by atoms with Gasteiger partial charge in [-0.3, -0.25) is 0 Å². The third-order valence-corrected chi connectivity index (χ3v) is 3.21. The van der Waals surface area contributed by atoms with Crippen molar-refractivity contribution in [3.05, 3.63) is 0 Å². The van der Waals surface area contributed by atoms with Crippen molar-refractivity contribution in [2.45, 2.75) is 31.7 Å². The Bertz CT molecular complexity index is 46.1. The van der Waals surface area contributed by atoms with Crippen LogP contribution in [0.25, 0.3) is 0 Å². The average Bonchev–Trinajstić information content (AvgIpc) is 2.14. The molecule has 1 saturated carbocycles. The largest absolute Gasteiger partial charge is 0.0631 e. The predicted molar refractivity (Wildman–Crippen MR) is 36.7 cm³/mol. The molecule has 1 aliphatic rings. The van der Waals surface area contributed by atoms with E-state index in [0.717, 1.165) is 5.92 Å². The van der Waals surface area contributed by atoms with Crippen molar-refractivity contribution in [3.63, 3.8) is 0 Å². The molecule has 0 aromatic rings. The molecule has 1 aliphatic carbocycles. The molecular weight excluding hydrogens is 100 g/mol. The van der Waals surface area contributed by atoms with Crippen LogP contribution in [0.2, 0.25) is 6.04 Å². The number of hydrogen-bond acceptors (Lipinski definition) is 0. The molecule has 0 saturated heterocycles. The standard InChI is InChI=1S/C6H14Si/c7-5-6-3-1-2-4-6/h6H,1-5H2,7H3. The molecular formula is C6H14Si. The number of hydrogen-bond donors (Lipinski definition) is 0. The zero-order valence-electron chi connectivity index (χ0n) is 5.11. The first-order chi connectivity index (χ1) is 3.43. The van der Waals surface area contributed by atoms with Gasteiger partial charge in [0.05, 0.1) is 0 Å². The summed E-state index contributed by atoms with van der Waals surface area (Å²) in [5.74, 6) is 1.16. The monoisotopic (exact) mass is 114 g/mol. The third kappa shape index (κ3) is 1.30. The summed E-state index contributed by atoms with van der Waals surface area (Å²) in [5, 5.41) is 0. The van der Waals surface area contributed by atoms with Crippen LogP contribution in [0, 0.1) is 5.92 Å². The van der Waals surface area contributed by atoms with E-state index in [1.807, 2.05) is 0 Å². The molecule has 0 spiro atoms. The minimum atomic E-state index is 1.16. The molecule has 0 aliphatic heterocycles. The van der Waals surface area contributed by atoms with E-state index in [1.165, 1.54) is 23.1 Å². The molecule has 0 bridgehead atoms. The van der Waals surface area contributed by atoms with Crippen LogP contribution in [0.4, 0.5) is 0 Å². The van der Waals surface area contributed by atoms with Crippen molar-refractivity contribution in [2.75, 3.05) is 0 Å². The Labute approximate surface area is 48.7 Å². The fourth-order valence-electron chi connectivity index (χ4n) is 1.42. The maximum absolute atomic E-state index is 1.56. The highest BCUT2D eigenvalue weighted by molar-refractivity contribution is 6.08. The van der Waals surface area contributed by atoms with Gasteiger partial charge in [-0.05, 0) is 5.92 Å². The first-order valence-electron chi connectivity index (χ1n) is 3.43. The van der Waals surface area contributed by atoms with E-state index in [2.05, 4.69) is 0 Å². The van der Waals surface area contributed by atoms with Crippen LogP contribution in [-0.4, -0.2) is 10.2 Å². The van der Waals surface area contributed by atoms with Gasteiger partial charge >= 0.3 is 0 Å². The molecule has 0 radical (unpaired) electrons. The Morgan fingerprint density at radius 3 is 2.14 bits per heavy atom. The van der Waals surface area contributed by atoms with Gasteiger partial charge in [0.1, 0.15) is 0 Å². The quantitative estimate of drug-likeness (QED) is 0.445. The van der Waals surface area contributed by atoms with E-state index in [-0.39, 0.29) is 0 Å². The van der Waals surface area contributed by atoms with E-state index >= 15 is 0 Å². The van der Waals surface area contributed by atoms with E-state index in [0.29, 0.717) is 0 Å². The van der Waals surface area contributed by atoms with Gasteiger partial charge in [-0.25, -0.2) is 0 Å². The Balaban J connectivity index is 2.14. The van der Waals surface area contributed by atoms with Gasteiger partial charge in [0, 0.05) is 10.2 Å². The Morgan fingerprint density at radius 2 is 1.86 bits per heavy atom. The molecule has 0 unspecified atom stereocenters. The van der Waals surface area contributed by atoms with Crippen molar-refractivity contribution in [2.24, 2.45) is 5.92 Å². The summed E-state index contributed by atoms with van der Waals surface area (Å²) in [7, 11) is 1.43. The van der Waals surface area contributed by atoms with Crippen molar-refractivity contribution in [1.29, 1.82) is 0 Å². The van der Waals surface area contributed by atoms with Crippen LogP contribution < -0.4 is 0 Å². The fraction of sp³-hybridized carbons (Fsp3) is 1.00. The van der Waals surface area contributed by atoms with Crippen molar-refractivity contribution in [3.8, 4) is 0 Å². The molecule has 0 amide bonds. The molecule has 1 rings (SSSR count). The lowest BCUT2D eigenvalue weighted by Crippen LogP contribution is -1.88. The van der Waals surface area contributed by atoms with Gasteiger partial charge in [0.25, 0.3) is 0 Å². The highest BCUT2D eigenvalue weighted by atomic mass is 28.1. The second-order valence-electron chi connectivity index (χ2n) is 2.56. The van der Waals surface area contributed by atoms with Gasteiger partial charge in [-0.2, -0.15) is 0 Å². The van der Waals surface area contributed by atoms with Crippen LogP contribution >= 0.6 is 0 Å². The predicted octanol–water partition coefficient (Wildman–Crippen LogP) is 0.960. The first kappa shape index (κ1) is 5.36. The van der Waals surface area contributed by atoms with Gasteiger partial charge in [-0.15, -0.1) is 0 Å². The SMILES string of the molecule is [SiH3]CC1CCCC1. The third-order valence-electron chi connectivity index (χ3n) is 2.05. The van der Waals surface area contributed by atoms with Crippen LogP contribution in [-0.2, 0) is 0 Å². The molecule has 42 valence electrons. The van der Waals surface area contributed by atoms with Crippen LogP contribution in [0.5, 0.6) is 0 Å². The smallest absolute Gasteiger partial charge is 0.00314 e. The molecule has 7 heavy (non-hydrogen) atoms. The molecule has 0 atom stereocenters. The minimum absolute atomic E-state index is 1.16. The Hall–Kier alpha value is 0.217. The van der Waals surface area contributed by atoms with Gasteiger partial charge in [0.2, 0.25) is 0 Å². The van der Waals surface area contributed by atoms with Gasteiger partial charge in [0.15, 0.2) is 0 Å². The topological polar surface area (TPSA) is 0 Å². The van der Waals surface area contributed by atoms with Gasteiger partial charge in [-0.1, -0.05) is 31.7 Å². The first-order valence-corrected chi connectivity index (χ1v) is 4.85. The molecule has 0 aromatic heterocycles. The number of rotatable bonds is 1. The molecule has 0 N–H and O–H groups in total. The summed E-state index contributed by atoms with van der Waals surface area (Å²) in [6, 6.07) is 1.56. The average molecular weight is 114 g/mol. The summed E-state index contributed by atoms with van der Waals surface area (Å²) < 4.78 is 0. The zero-order valence-corrected chi connectivity index (χ0v) is 7.11. The lowest BCUT2D eigenvalue weighted by Gasteiger charge is -1.99. The summed E-state index contributed by atoms with van der Waals surface area (Å²) in [4.78, 5) is 0. The fourth-order valence-corrected chi connectivity index (χ4v) is 2.24. The van der Waals surface area contributed by atoms with Gasteiger partial charge < -0.3 is 0 Å². The Kier molecular flexibility index (Phi) is 1.92. The van der Waals surface area contributed by atoms with E-state index in [9.17, 15) is 0 Å². The highest BCUT2D eigenvalue weighted by Gasteiger charge is 2.11. The maximum atomic E-state index is 1.56. The van der Waals surface area contributed by atoms with E-state index in [1.54, 1.807) is 18.9 Å². The lowest BCUT2D eigenvalue weighted by atomic mass is 10.1. The van der Waals surface area contributed by atoms with Crippen molar-refractivity contribution in [1.82, 2.24) is 0 Å². The van der Waals surface area contributed by atoms with Crippen molar-refractivity contribution < 1.29 is 0 Å². The zero-order chi connectivity index (χ0) is 5.11. The molecule has 1 heteroatoms. The van der Waals surface area contributed by atoms with Crippen LogP contribution in [0.3, 0.4) is 0 Å². The minimum Gasteiger partial charge on any atom is -0.0631 e. The Morgan fingerprint density at radius 1 is 1.29 bits per heavy atom. The van der Waals surface area contributed by atoms with E-state index in [4.69, 9.17) is 0 Å². The summed E-state index contributed by atoms with van der Waals surface area (Å²) in [6.45, 7) is 0. The molecule has 0 aromatic carbocycles. The second-order valence-corrected chi connectivity index (χ2v) is 3.38. The maximum Gasteiger partial charge on any atom is 0.00314 e. The summed E-state index contributed by atoms with van der Waals surface area (Å²) in [6.07, 6.45) is 6.13. The van der Waals surface area contributed by atoms with E-state index < -0.39 is 0 Å². The summed E-state index contributed by atoms with van der Waals surface area (Å²) >= 11 is 0.